The van der Waals surface area contributed by atoms with Gasteiger partial charge in [-0.05, 0) is 18.2 Å². The second-order valence-electron chi connectivity index (χ2n) is 4.05. The second kappa shape index (κ2) is 5.76. The Labute approximate surface area is 115 Å². The zero-order chi connectivity index (χ0) is 16.4. The van der Waals surface area contributed by atoms with Crippen LogP contribution in [0.3, 0.4) is 0 Å². The molecule has 9 heteroatoms. The summed E-state index contributed by atoms with van der Waals surface area (Å²) in [5.41, 5.74) is -3.94. The molecule has 0 fully saturated rings. The molecule has 1 aromatic rings. The number of benzene rings is 1. The standard InChI is InChI=1S/C12H9F6NO2/c1-19(21)3-2-10(20)7-4-8(11(13,14)15)6-9(5-7)12(16,17)18/h2-6,21H,1H3/b3-2-. The van der Waals surface area contributed by atoms with Gasteiger partial charge >= 0.3 is 12.4 Å². The van der Waals surface area contributed by atoms with Gasteiger partial charge in [-0.15, -0.1) is 0 Å². The van der Waals surface area contributed by atoms with Gasteiger partial charge in [-0.3, -0.25) is 15.1 Å². The quantitative estimate of drug-likeness (QED) is 0.400. The molecule has 0 aliphatic rings. The SMILES string of the molecule is CN(O)/C=C\C(=O)c1cc(C(F)(F)F)cc(C(F)(F)F)c1. The Morgan fingerprint density at radius 2 is 1.48 bits per heavy atom. The van der Waals surface area contributed by atoms with Crippen LogP contribution in [0.1, 0.15) is 21.5 Å². The highest BCUT2D eigenvalue weighted by Gasteiger charge is 2.37. The zero-order valence-corrected chi connectivity index (χ0v) is 10.5. The van der Waals surface area contributed by atoms with E-state index in [4.69, 9.17) is 5.21 Å². The highest BCUT2D eigenvalue weighted by molar-refractivity contribution is 6.04. The van der Waals surface area contributed by atoms with Gasteiger partial charge in [0.25, 0.3) is 0 Å². The Morgan fingerprint density at radius 1 is 1.05 bits per heavy atom. The number of alkyl halides is 6. The van der Waals surface area contributed by atoms with Gasteiger partial charge in [-0.1, -0.05) is 0 Å². The molecule has 3 nitrogen and oxygen atoms in total. The van der Waals surface area contributed by atoms with Crippen molar-refractivity contribution in [2.45, 2.75) is 12.4 Å². The third-order valence-electron chi connectivity index (χ3n) is 2.31. The van der Waals surface area contributed by atoms with Crippen molar-refractivity contribution in [3.63, 3.8) is 0 Å². The number of hydroxylamine groups is 2. The molecular formula is C12H9F6NO2. The normalized spacial score (nSPS) is 12.8. The van der Waals surface area contributed by atoms with Crippen molar-refractivity contribution in [3.05, 3.63) is 47.2 Å². The van der Waals surface area contributed by atoms with Gasteiger partial charge in [0.05, 0.1) is 11.1 Å². The van der Waals surface area contributed by atoms with Crippen LogP contribution in [0.5, 0.6) is 0 Å². The molecule has 0 aromatic heterocycles. The van der Waals surface area contributed by atoms with E-state index in [0.29, 0.717) is 23.3 Å². The number of halogens is 6. The molecule has 0 bridgehead atoms. The van der Waals surface area contributed by atoms with Gasteiger partial charge in [0.15, 0.2) is 5.78 Å². The van der Waals surface area contributed by atoms with Gasteiger partial charge < -0.3 is 0 Å². The Morgan fingerprint density at radius 3 is 1.81 bits per heavy atom. The van der Waals surface area contributed by atoms with Crippen LogP contribution in [0, 0.1) is 0 Å². The van der Waals surface area contributed by atoms with E-state index < -0.39 is 34.8 Å². The van der Waals surface area contributed by atoms with E-state index in [0.717, 1.165) is 13.2 Å². The molecule has 0 amide bonds. The summed E-state index contributed by atoms with van der Waals surface area (Å²) in [6, 6.07) is 0.567. The molecule has 1 rings (SSSR count). The second-order valence-corrected chi connectivity index (χ2v) is 4.05. The van der Waals surface area contributed by atoms with Crippen molar-refractivity contribution >= 4 is 5.78 Å². The van der Waals surface area contributed by atoms with Crippen LogP contribution in [-0.2, 0) is 12.4 Å². The van der Waals surface area contributed by atoms with E-state index in [1.807, 2.05) is 0 Å². The van der Waals surface area contributed by atoms with Crippen LogP contribution in [0.4, 0.5) is 26.3 Å². The van der Waals surface area contributed by atoms with Crippen LogP contribution < -0.4 is 0 Å². The van der Waals surface area contributed by atoms with Gasteiger partial charge in [-0.25, -0.2) is 0 Å². The maximum absolute atomic E-state index is 12.6. The third-order valence-corrected chi connectivity index (χ3v) is 2.31. The van der Waals surface area contributed by atoms with Crippen molar-refractivity contribution < 1.29 is 36.3 Å². The summed E-state index contributed by atoms with van der Waals surface area (Å²) in [7, 11) is 1.11. The number of carbonyl (C=O) groups is 1. The first kappa shape index (κ1) is 17.0. The van der Waals surface area contributed by atoms with E-state index in [1.54, 1.807) is 0 Å². The van der Waals surface area contributed by atoms with E-state index >= 15 is 0 Å². The molecule has 1 N–H and O–H groups in total. The molecule has 0 atom stereocenters. The summed E-state index contributed by atoms with van der Waals surface area (Å²) in [5, 5.41) is 9.18. The van der Waals surface area contributed by atoms with E-state index in [1.165, 1.54) is 0 Å². The summed E-state index contributed by atoms with van der Waals surface area (Å²) in [6.07, 6.45) is -8.60. The average molecular weight is 313 g/mol. The van der Waals surface area contributed by atoms with E-state index in [-0.39, 0.29) is 6.07 Å². The summed E-state index contributed by atoms with van der Waals surface area (Å²) in [5.74, 6) is -1.10. The van der Waals surface area contributed by atoms with Crippen molar-refractivity contribution in [1.82, 2.24) is 5.06 Å². The predicted molar refractivity (Wildman–Crippen MR) is 59.5 cm³/mol. The Bertz CT molecular complexity index is 528. The number of hydrogen-bond acceptors (Lipinski definition) is 3. The van der Waals surface area contributed by atoms with Gasteiger partial charge in [-0.2, -0.15) is 26.3 Å². The number of ketones is 1. The smallest absolute Gasteiger partial charge is 0.289 e. The number of allylic oxidation sites excluding steroid dienone is 1. The van der Waals surface area contributed by atoms with Crippen molar-refractivity contribution in [2.24, 2.45) is 0 Å². The molecular weight excluding hydrogens is 304 g/mol. The first-order valence-electron chi connectivity index (χ1n) is 5.35. The lowest BCUT2D eigenvalue weighted by atomic mass is 10.0. The number of nitrogens with zero attached hydrogens (tertiary/aromatic N) is 1. The van der Waals surface area contributed by atoms with Crippen LogP contribution in [-0.4, -0.2) is 23.1 Å². The molecule has 21 heavy (non-hydrogen) atoms. The van der Waals surface area contributed by atoms with Gasteiger partial charge in [0.2, 0.25) is 0 Å². The molecule has 0 aliphatic heterocycles. The van der Waals surface area contributed by atoms with Crippen LogP contribution in [0.15, 0.2) is 30.5 Å². The number of rotatable bonds is 3. The zero-order valence-electron chi connectivity index (χ0n) is 10.5. The highest BCUT2D eigenvalue weighted by Crippen LogP contribution is 2.36. The Balaban J connectivity index is 3.36. The van der Waals surface area contributed by atoms with Gasteiger partial charge in [0.1, 0.15) is 0 Å². The predicted octanol–water partition coefficient (Wildman–Crippen LogP) is 3.74. The lowest BCUT2D eigenvalue weighted by Crippen LogP contribution is -2.13. The fourth-order valence-electron chi connectivity index (χ4n) is 1.37. The van der Waals surface area contributed by atoms with Crippen LogP contribution in [0.25, 0.3) is 0 Å². The van der Waals surface area contributed by atoms with E-state index in [9.17, 15) is 31.1 Å². The first-order chi connectivity index (χ1) is 9.41. The van der Waals surface area contributed by atoms with Crippen molar-refractivity contribution in [1.29, 1.82) is 0 Å². The minimum atomic E-state index is -5.02. The summed E-state index contributed by atoms with van der Waals surface area (Å²) in [4.78, 5) is 11.5. The Hall–Kier alpha value is -2.03. The van der Waals surface area contributed by atoms with Crippen LogP contribution in [0.2, 0.25) is 0 Å². The molecule has 0 unspecified atom stereocenters. The lowest BCUT2D eigenvalue weighted by Gasteiger charge is -2.13. The average Bonchev–Trinajstić information content (AvgIpc) is 2.33. The lowest BCUT2D eigenvalue weighted by molar-refractivity contribution is -0.143. The summed E-state index contributed by atoms with van der Waals surface area (Å²) < 4.78 is 75.4. The fraction of sp³-hybridized carbons (Fsp3) is 0.250. The minimum Gasteiger partial charge on any atom is -0.289 e. The van der Waals surface area contributed by atoms with Crippen molar-refractivity contribution in [2.75, 3.05) is 7.05 Å². The largest absolute Gasteiger partial charge is 0.416 e. The maximum atomic E-state index is 12.6. The van der Waals surface area contributed by atoms with Gasteiger partial charge in [0, 0.05) is 24.9 Å². The molecule has 0 radical (unpaired) electrons. The molecule has 0 spiro atoms. The highest BCUT2D eigenvalue weighted by atomic mass is 19.4. The van der Waals surface area contributed by atoms with E-state index in [2.05, 4.69) is 0 Å². The summed E-state index contributed by atoms with van der Waals surface area (Å²) >= 11 is 0. The van der Waals surface area contributed by atoms with Crippen molar-refractivity contribution in [3.8, 4) is 0 Å². The first-order valence-corrected chi connectivity index (χ1v) is 5.35. The Kier molecular flexibility index (Phi) is 4.67. The molecule has 1 aromatic carbocycles. The number of carbonyl (C=O) groups excluding carboxylic acids is 1. The molecule has 0 heterocycles. The molecule has 0 saturated carbocycles. The third kappa shape index (κ3) is 4.78. The van der Waals surface area contributed by atoms with Crippen LogP contribution >= 0.6 is 0 Å². The minimum absolute atomic E-state index is 0.0708. The molecule has 116 valence electrons. The monoisotopic (exact) mass is 313 g/mol. The fourth-order valence-corrected chi connectivity index (χ4v) is 1.37. The maximum Gasteiger partial charge on any atom is 0.416 e. The number of hydrogen-bond donors (Lipinski definition) is 1. The topological polar surface area (TPSA) is 40.5 Å². The molecule has 0 saturated heterocycles. The molecule has 0 aliphatic carbocycles. The summed E-state index contributed by atoms with van der Waals surface area (Å²) in [6.45, 7) is 0.